The first-order valence-corrected chi connectivity index (χ1v) is 5.74. The van der Waals surface area contributed by atoms with Gasteiger partial charge < -0.3 is 4.74 Å². The van der Waals surface area contributed by atoms with E-state index in [1.807, 2.05) is 20.8 Å². The van der Waals surface area contributed by atoms with Crippen LogP contribution in [0.4, 0.5) is 4.79 Å². The number of carbonyl (C=O) groups is 1. The lowest BCUT2D eigenvalue weighted by atomic mass is 9.90. The number of hydrogen-bond acceptors (Lipinski definition) is 2. The van der Waals surface area contributed by atoms with Gasteiger partial charge in [0.2, 0.25) is 0 Å². The predicted molar refractivity (Wildman–Crippen MR) is 61.3 cm³/mol. The molecule has 1 fully saturated rings. The van der Waals surface area contributed by atoms with Crippen LogP contribution in [0.25, 0.3) is 0 Å². The average Bonchev–Trinajstić information content (AvgIpc) is 2.14. The Hall–Kier alpha value is -0.860. The third kappa shape index (κ3) is 5.55. The minimum Gasteiger partial charge on any atom is -0.442 e. The monoisotopic (exact) mass is 211 g/mol. The van der Waals surface area contributed by atoms with Gasteiger partial charge in [0.1, 0.15) is 5.60 Å². The molecule has 0 heterocycles. The third-order valence-corrected chi connectivity index (χ3v) is 2.43. The lowest BCUT2D eigenvalue weighted by Crippen LogP contribution is -2.22. The van der Waals surface area contributed by atoms with Crippen LogP contribution in [0, 0.1) is 5.92 Å². The van der Waals surface area contributed by atoms with Gasteiger partial charge in [0.25, 0.3) is 0 Å². The molecule has 0 saturated heterocycles. The summed E-state index contributed by atoms with van der Waals surface area (Å²) in [5.41, 5.74) is -0.443. The summed E-state index contributed by atoms with van der Waals surface area (Å²) < 4.78 is 5.09. The number of ether oxygens (including phenoxy) is 1. The van der Waals surface area contributed by atoms with E-state index in [-0.39, 0.29) is 0 Å². The minimum absolute atomic E-state index is 0.443. The van der Waals surface area contributed by atoms with Crippen LogP contribution < -0.4 is 0 Å². The van der Waals surface area contributed by atoms with Crippen LogP contribution in [0.1, 0.15) is 52.9 Å². The smallest absolute Gasteiger partial charge is 0.433 e. The Morgan fingerprint density at radius 1 is 1.27 bits per heavy atom. The minimum atomic E-state index is -0.465. The number of rotatable bonds is 1. The Balaban J connectivity index is 2.33. The molecule has 0 aromatic rings. The second kappa shape index (κ2) is 5.29. The summed E-state index contributed by atoms with van der Waals surface area (Å²) in [4.78, 5) is 15.1. The molecule has 0 aliphatic heterocycles. The van der Waals surface area contributed by atoms with E-state index in [9.17, 15) is 4.79 Å². The van der Waals surface area contributed by atoms with Gasteiger partial charge >= 0.3 is 6.09 Å². The summed E-state index contributed by atoms with van der Waals surface area (Å²) in [5, 5.41) is 0. The normalized spacial score (nSPS) is 19.4. The standard InChI is InChI=1S/C12H21NO2/c1-12(2,3)15-11(14)13-9-10-7-5-4-6-8-10/h9-10H,4-8H2,1-3H3. The molecule has 15 heavy (non-hydrogen) atoms. The molecule has 86 valence electrons. The first kappa shape index (κ1) is 12.2. The van der Waals surface area contributed by atoms with Crippen molar-refractivity contribution < 1.29 is 9.53 Å². The van der Waals surface area contributed by atoms with Crippen LogP contribution in [0.3, 0.4) is 0 Å². The quantitative estimate of drug-likeness (QED) is 0.622. The Bertz CT molecular complexity index is 234. The second-order valence-corrected chi connectivity index (χ2v) is 5.16. The highest BCUT2D eigenvalue weighted by Gasteiger charge is 2.16. The van der Waals surface area contributed by atoms with E-state index >= 15 is 0 Å². The molecule has 1 amide bonds. The molecule has 0 atom stereocenters. The summed E-state index contributed by atoms with van der Waals surface area (Å²) in [6.07, 6.45) is 7.45. The van der Waals surface area contributed by atoms with E-state index in [0.29, 0.717) is 5.92 Å². The molecule has 1 aliphatic rings. The molecule has 0 aromatic heterocycles. The van der Waals surface area contributed by atoms with Crippen LogP contribution in [0.2, 0.25) is 0 Å². The molecule has 0 N–H and O–H groups in total. The van der Waals surface area contributed by atoms with Gasteiger partial charge in [0.15, 0.2) is 0 Å². The summed E-state index contributed by atoms with van der Waals surface area (Å²) in [6, 6.07) is 0. The van der Waals surface area contributed by atoms with Crippen LogP contribution in [0.15, 0.2) is 4.99 Å². The SMILES string of the molecule is CC(C)(C)OC(=O)N=CC1CCCCC1. The maximum atomic E-state index is 11.3. The van der Waals surface area contributed by atoms with Gasteiger partial charge in [-0.3, -0.25) is 0 Å². The molecular weight excluding hydrogens is 190 g/mol. The highest BCUT2D eigenvalue weighted by molar-refractivity contribution is 5.80. The maximum absolute atomic E-state index is 11.3. The van der Waals surface area contributed by atoms with E-state index < -0.39 is 11.7 Å². The number of amides is 1. The van der Waals surface area contributed by atoms with Gasteiger partial charge in [0.05, 0.1) is 0 Å². The zero-order valence-corrected chi connectivity index (χ0v) is 9.95. The second-order valence-electron chi connectivity index (χ2n) is 5.16. The van der Waals surface area contributed by atoms with Gasteiger partial charge in [-0.25, -0.2) is 4.79 Å². The highest BCUT2D eigenvalue weighted by Crippen LogP contribution is 2.22. The van der Waals surface area contributed by atoms with Crippen LogP contribution in [0.5, 0.6) is 0 Å². The fraction of sp³-hybridized carbons (Fsp3) is 0.833. The molecule has 3 heteroatoms. The number of aliphatic imine (C=N–C) groups is 1. The van der Waals surface area contributed by atoms with Crippen LogP contribution >= 0.6 is 0 Å². The summed E-state index contributed by atoms with van der Waals surface area (Å²) in [7, 11) is 0. The Morgan fingerprint density at radius 2 is 1.87 bits per heavy atom. The average molecular weight is 211 g/mol. The van der Waals surface area contributed by atoms with Crippen molar-refractivity contribution in [2.24, 2.45) is 10.9 Å². The van der Waals surface area contributed by atoms with Crippen molar-refractivity contribution in [3.05, 3.63) is 0 Å². The first-order valence-electron chi connectivity index (χ1n) is 5.74. The number of nitrogens with zero attached hydrogens (tertiary/aromatic N) is 1. The number of carbonyl (C=O) groups excluding carboxylic acids is 1. The lowest BCUT2D eigenvalue weighted by molar-refractivity contribution is 0.0604. The topological polar surface area (TPSA) is 38.7 Å². The fourth-order valence-electron chi connectivity index (χ4n) is 1.74. The largest absolute Gasteiger partial charge is 0.442 e. The zero-order chi connectivity index (χ0) is 11.3. The number of hydrogen-bond donors (Lipinski definition) is 0. The molecule has 3 nitrogen and oxygen atoms in total. The Kier molecular flexibility index (Phi) is 4.30. The van der Waals surface area contributed by atoms with Crippen molar-refractivity contribution in [3.8, 4) is 0 Å². The van der Waals surface area contributed by atoms with Gasteiger partial charge in [-0.2, -0.15) is 4.99 Å². The summed E-state index contributed by atoms with van der Waals surface area (Å²) >= 11 is 0. The van der Waals surface area contributed by atoms with Crippen molar-refractivity contribution in [1.82, 2.24) is 0 Å². The lowest BCUT2D eigenvalue weighted by Gasteiger charge is -2.19. The van der Waals surface area contributed by atoms with Gasteiger partial charge in [0, 0.05) is 6.21 Å². The van der Waals surface area contributed by atoms with Crippen molar-refractivity contribution in [2.75, 3.05) is 0 Å². The molecule has 0 radical (unpaired) electrons. The van der Waals surface area contributed by atoms with Crippen molar-refractivity contribution in [2.45, 2.75) is 58.5 Å². The van der Waals surface area contributed by atoms with Crippen LogP contribution in [-0.4, -0.2) is 17.9 Å². The van der Waals surface area contributed by atoms with Gasteiger partial charge in [-0.05, 0) is 39.5 Å². The molecule has 0 spiro atoms. The van der Waals surface area contributed by atoms with Crippen molar-refractivity contribution in [1.29, 1.82) is 0 Å². The summed E-state index contributed by atoms with van der Waals surface area (Å²) in [6.45, 7) is 5.54. The van der Waals surface area contributed by atoms with E-state index in [2.05, 4.69) is 4.99 Å². The molecule has 1 saturated carbocycles. The first-order chi connectivity index (χ1) is 6.97. The molecule has 0 unspecified atom stereocenters. The third-order valence-electron chi connectivity index (χ3n) is 2.43. The van der Waals surface area contributed by atoms with Crippen molar-refractivity contribution in [3.63, 3.8) is 0 Å². The molecular formula is C12H21NO2. The van der Waals surface area contributed by atoms with E-state index in [1.165, 1.54) is 19.3 Å². The van der Waals surface area contributed by atoms with E-state index in [0.717, 1.165) is 12.8 Å². The highest BCUT2D eigenvalue weighted by atomic mass is 16.6. The Labute approximate surface area is 91.9 Å². The zero-order valence-electron chi connectivity index (χ0n) is 9.95. The molecule has 1 aliphatic carbocycles. The summed E-state index contributed by atoms with van der Waals surface area (Å²) in [5.74, 6) is 0.478. The van der Waals surface area contributed by atoms with E-state index in [4.69, 9.17) is 4.74 Å². The van der Waals surface area contributed by atoms with Crippen LogP contribution in [-0.2, 0) is 4.74 Å². The molecule has 0 aromatic carbocycles. The molecule has 0 bridgehead atoms. The maximum Gasteiger partial charge on any atom is 0.433 e. The molecule has 1 rings (SSSR count). The Morgan fingerprint density at radius 3 is 2.40 bits per heavy atom. The van der Waals surface area contributed by atoms with Crippen molar-refractivity contribution >= 4 is 12.3 Å². The van der Waals surface area contributed by atoms with Gasteiger partial charge in [-0.15, -0.1) is 0 Å². The predicted octanol–water partition coefficient (Wildman–Crippen LogP) is 3.57. The van der Waals surface area contributed by atoms with Gasteiger partial charge in [-0.1, -0.05) is 19.3 Å². The van der Waals surface area contributed by atoms with E-state index in [1.54, 1.807) is 6.21 Å². The fourth-order valence-corrected chi connectivity index (χ4v) is 1.74.